The number of hydrogen-bond donors (Lipinski definition) is 1. The Bertz CT molecular complexity index is 685. The van der Waals surface area contributed by atoms with Crippen molar-refractivity contribution in [3.63, 3.8) is 0 Å². The lowest BCUT2D eigenvalue weighted by Gasteiger charge is -2.13. The molecule has 0 amide bonds. The number of benzene rings is 1. The normalized spacial score (nSPS) is 11.0. The predicted octanol–water partition coefficient (Wildman–Crippen LogP) is 3.13. The van der Waals surface area contributed by atoms with Crippen LogP contribution < -0.4 is 5.32 Å². The van der Waals surface area contributed by atoms with Crippen molar-refractivity contribution in [3.8, 4) is 11.5 Å². The molecule has 1 N–H and O–H groups in total. The predicted molar refractivity (Wildman–Crippen MR) is 79.7 cm³/mol. The van der Waals surface area contributed by atoms with Crippen molar-refractivity contribution in [2.24, 2.45) is 0 Å². The molecule has 21 heavy (non-hydrogen) atoms. The van der Waals surface area contributed by atoms with Crippen LogP contribution in [0.3, 0.4) is 0 Å². The Kier molecular flexibility index (Phi) is 3.68. The van der Waals surface area contributed by atoms with Crippen LogP contribution in [-0.2, 0) is 6.54 Å². The molecule has 0 aliphatic carbocycles. The number of nitrogens with one attached hydrogen (secondary N) is 1. The van der Waals surface area contributed by atoms with Crippen molar-refractivity contribution in [2.45, 2.75) is 26.4 Å². The third kappa shape index (κ3) is 2.94. The summed E-state index contributed by atoms with van der Waals surface area (Å²) in [5.74, 6) is 0.527. The first kappa shape index (κ1) is 13.4. The van der Waals surface area contributed by atoms with E-state index >= 15 is 0 Å². The highest BCUT2D eigenvalue weighted by Crippen LogP contribution is 2.19. The largest absolute Gasteiger partial charge is 0.423 e. The monoisotopic (exact) mass is 283 g/mol. The minimum atomic E-state index is 0.407. The lowest BCUT2D eigenvalue weighted by atomic mass is 10.2. The van der Waals surface area contributed by atoms with Gasteiger partial charge in [0.15, 0.2) is 0 Å². The van der Waals surface area contributed by atoms with E-state index in [1.54, 1.807) is 0 Å². The maximum Gasteiger partial charge on any atom is 0.247 e. The molecule has 0 spiro atoms. The fourth-order valence-corrected chi connectivity index (χ4v) is 2.16. The van der Waals surface area contributed by atoms with E-state index in [1.165, 1.54) is 6.39 Å². The van der Waals surface area contributed by atoms with Crippen LogP contribution in [0.5, 0.6) is 0 Å². The molecule has 6 heteroatoms. The molecule has 3 rings (SSSR count). The molecule has 0 saturated heterocycles. The highest BCUT2D eigenvalue weighted by Gasteiger charge is 2.06. The second-order valence-electron chi connectivity index (χ2n) is 5.06. The van der Waals surface area contributed by atoms with Crippen LogP contribution in [0.1, 0.15) is 25.6 Å². The average molecular weight is 283 g/mol. The average Bonchev–Trinajstić information content (AvgIpc) is 3.17. The molecule has 0 unspecified atom stereocenters. The number of anilines is 1. The van der Waals surface area contributed by atoms with Crippen LogP contribution in [0.2, 0.25) is 0 Å². The van der Waals surface area contributed by atoms with E-state index < -0.39 is 0 Å². The smallest absolute Gasteiger partial charge is 0.247 e. The SMILES string of the molecule is CC(C)n1cncc1CNc1ccc(-c2nnco2)cc1. The van der Waals surface area contributed by atoms with Crippen LogP contribution >= 0.6 is 0 Å². The standard InChI is InChI=1S/C15H17N5O/c1-11(2)20-9-16-7-14(20)8-17-13-5-3-12(4-6-13)15-19-18-10-21-15/h3-7,9-11,17H,8H2,1-2H3. The molecule has 0 aliphatic rings. The van der Waals surface area contributed by atoms with E-state index in [-0.39, 0.29) is 0 Å². The van der Waals surface area contributed by atoms with Gasteiger partial charge in [-0.2, -0.15) is 0 Å². The lowest BCUT2D eigenvalue weighted by molar-refractivity contribution is 0.568. The van der Waals surface area contributed by atoms with E-state index in [4.69, 9.17) is 4.42 Å². The summed E-state index contributed by atoms with van der Waals surface area (Å²) in [6.45, 7) is 5.02. The molecular weight excluding hydrogens is 266 g/mol. The van der Waals surface area contributed by atoms with Gasteiger partial charge in [-0.3, -0.25) is 0 Å². The van der Waals surface area contributed by atoms with E-state index in [1.807, 2.05) is 36.8 Å². The quantitative estimate of drug-likeness (QED) is 0.779. The molecule has 108 valence electrons. The summed E-state index contributed by atoms with van der Waals surface area (Å²) in [6, 6.07) is 8.31. The maximum absolute atomic E-state index is 5.17. The minimum absolute atomic E-state index is 0.407. The van der Waals surface area contributed by atoms with Crippen LogP contribution in [0.15, 0.2) is 47.6 Å². The number of rotatable bonds is 5. The van der Waals surface area contributed by atoms with Gasteiger partial charge in [0.1, 0.15) is 0 Å². The zero-order valence-corrected chi connectivity index (χ0v) is 12.0. The molecule has 1 aromatic carbocycles. The molecule has 2 aromatic heterocycles. The maximum atomic E-state index is 5.17. The van der Waals surface area contributed by atoms with Crippen molar-refractivity contribution in [1.29, 1.82) is 0 Å². The molecule has 2 heterocycles. The molecule has 0 radical (unpaired) electrons. The summed E-state index contributed by atoms with van der Waals surface area (Å²) < 4.78 is 7.32. The Morgan fingerprint density at radius 3 is 2.71 bits per heavy atom. The third-order valence-electron chi connectivity index (χ3n) is 3.27. The highest BCUT2D eigenvalue weighted by atomic mass is 16.4. The highest BCUT2D eigenvalue weighted by molar-refractivity contribution is 5.58. The van der Waals surface area contributed by atoms with Crippen LogP contribution in [0, 0.1) is 0 Å². The molecular formula is C15H17N5O. The van der Waals surface area contributed by atoms with Gasteiger partial charge >= 0.3 is 0 Å². The van der Waals surface area contributed by atoms with Crippen molar-refractivity contribution in [2.75, 3.05) is 5.32 Å². The first-order valence-corrected chi connectivity index (χ1v) is 6.85. The van der Waals surface area contributed by atoms with E-state index in [0.29, 0.717) is 11.9 Å². The van der Waals surface area contributed by atoms with Gasteiger partial charge in [0.25, 0.3) is 0 Å². The van der Waals surface area contributed by atoms with Crippen LogP contribution in [-0.4, -0.2) is 19.7 Å². The Morgan fingerprint density at radius 1 is 1.24 bits per heavy atom. The molecule has 0 fully saturated rings. The Morgan fingerprint density at radius 2 is 2.05 bits per heavy atom. The summed E-state index contributed by atoms with van der Waals surface area (Å²) in [6.07, 6.45) is 5.08. The second kappa shape index (κ2) is 5.78. The summed E-state index contributed by atoms with van der Waals surface area (Å²) in [4.78, 5) is 4.20. The Balaban J connectivity index is 1.67. The van der Waals surface area contributed by atoms with Gasteiger partial charge in [0.05, 0.1) is 18.6 Å². The molecule has 3 aromatic rings. The number of aromatic nitrogens is 4. The van der Waals surface area contributed by atoms with Gasteiger partial charge in [-0.15, -0.1) is 10.2 Å². The summed E-state index contributed by atoms with van der Waals surface area (Å²) in [5.41, 5.74) is 3.10. The summed E-state index contributed by atoms with van der Waals surface area (Å²) >= 11 is 0. The van der Waals surface area contributed by atoms with Crippen molar-refractivity contribution < 1.29 is 4.42 Å². The minimum Gasteiger partial charge on any atom is -0.423 e. The number of nitrogens with zero attached hydrogens (tertiary/aromatic N) is 4. The fraction of sp³-hybridized carbons (Fsp3) is 0.267. The zero-order valence-electron chi connectivity index (χ0n) is 12.0. The summed E-state index contributed by atoms with van der Waals surface area (Å²) in [7, 11) is 0. The van der Waals surface area contributed by atoms with Gasteiger partial charge in [-0.25, -0.2) is 4.98 Å². The van der Waals surface area contributed by atoms with Gasteiger partial charge in [-0.05, 0) is 38.1 Å². The van der Waals surface area contributed by atoms with Gasteiger partial charge in [0, 0.05) is 23.5 Å². The first-order valence-electron chi connectivity index (χ1n) is 6.85. The first-order chi connectivity index (χ1) is 10.2. The Hall–Kier alpha value is -2.63. The molecule has 0 saturated carbocycles. The van der Waals surface area contributed by atoms with Gasteiger partial charge in [0.2, 0.25) is 12.3 Å². The van der Waals surface area contributed by atoms with Gasteiger partial charge < -0.3 is 14.3 Å². The zero-order chi connectivity index (χ0) is 14.7. The van der Waals surface area contributed by atoms with E-state index in [9.17, 15) is 0 Å². The molecule has 0 aliphatic heterocycles. The van der Waals surface area contributed by atoms with Crippen LogP contribution in [0.4, 0.5) is 5.69 Å². The Labute approximate surface area is 122 Å². The van der Waals surface area contributed by atoms with Gasteiger partial charge in [-0.1, -0.05) is 0 Å². The second-order valence-corrected chi connectivity index (χ2v) is 5.06. The molecule has 0 bridgehead atoms. The van der Waals surface area contributed by atoms with Crippen molar-refractivity contribution >= 4 is 5.69 Å². The van der Waals surface area contributed by atoms with E-state index in [0.717, 1.165) is 23.5 Å². The fourth-order valence-electron chi connectivity index (χ4n) is 2.16. The topological polar surface area (TPSA) is 68.8 Å². The van der Waals surface area contributed by atoms with E-state index in [2.05, 4.69) is 38.9 Å². The van der Waals surface area contributed by atoms with Crippen molar-refractivity contribution in [1.82, 2.24) is 19.7 Å². The lowest BCUT2D eigenvalue weighted by Crippen LogP contribution is -2.08. The third-order valence-corrected chi connectivity index (χ3v) is 3.27. The van der Waals surface area contributed by atoms with Crippen LogP contribution in [0.25, 0.3) is 11.5 Å². The molecule has 0 atom stereocenters. The number of imidazole rings is 1. The number of hydrogen-bond acceptors (Lipinski definition) is 5. The van der Waals surface area contributed by atoms with Crippen molar-refractivity contribution in [3.05, 3.63) is 48.9 Å². The summed E-state index contributed by atoms with van der Waals surface area (Å²) in [5, 5.41) is 10.9. The molecule has 6 nitrogen and oxygen atoms in total.